The smallest absolute Gasteiger partial charge is 0.279 e. The van der Waals surface area contributed by atoms with Crippen LogP contribution in [0.25, 0.3) is 0 Å². The van der Waals surface area contributed by atoms with E-state index >= 15 is 0 Å². The van der Waals surface area contributed by atoms with E-state index in [2.05, 4.69) is 10.9 Å². The van der Waals surface area contributed by atoms with Gasteiger partial charge < -0.3 is 14.4 Å². The molecule has 1 aliphatic heterocycles. The lowest BCUT2D eigenvalue weighted by molar-refractivity contribution is -0.134. The maximum atomic E-state index is 13.6. The van der Waals surface area contributed by atoms with E-state index in [1.54, 1.807) is 30.3 Å². The molecule has 2 aromatic rings. The minimum absolute atomic E-state index is 0.00102. The van der Waals surface area contributed by atoms with E-state index < -0.39 is 29.7 Å². The topological polar surface area (TPSA) is 97.0 Å². The molecule has 0 saturated carbocycles. The zero-order chi connectivity index (χ0) is 21.7. The Morgan fingerprint density at radius 3 is 2.47 bits per heavy atom. The third-order valence-corrected chi connectivity index (χ3v) is 4.69. The Morgan fingerprint density at radius 1 is 1.10 bits per heavy atom. The predicted octanol–water partition coefficient (Wildman–Crippen LogP) is 1.80. The molecule has 0 aliphatic carbocycles. The molecule has 9 heteroatoms. The number of ether oxygens (including phenoxy) is 2. The summed E-state index contributed by atoms with van der Waals surface area (Å²) < 4.78 is 24.2. The largest absolute Gasteiger partial charge is 0.495 e. The zero-order valence-corrected chi connectivity index (χ0v) is 16.6. The predicted molar refractivity (Wildman–Crippen MR) is 106 cm³/mol. The number of carbonyl (C=O) groups excluding carboxylic acids is 3. The summed E-state index contributed by atoms with van der Waals surface area (Å²) in [5.74, 6) is -2.17. The Morgan fingerprint density at radius 2 is 1.77 bits per heavy atom. The van der Waals surface area contributed by atoms with Crippen LogP contribution in [-0.4, -0.2) is 37.5 Å². The fourth-order valence-corrected chi connectivity index (χ4v) is 3.08. The molecule has 2 aromatic carbocycles. The molecular formula is C21H22FN3O5. The first-order chi connectivity index (χ1) is 14.4. The van der Waals surface area contributed by atoms with E-state index in [1.165, 1.54) is 37.1 Å². The van der Waals surface area contributed by atoms with Crippen LogP contribution in [0.4, 0.5) is 10.1 Å². The van der Waals surface area contributed by atoms with Crippen molar-refractivity contribution in [2.45, 2.75) is 19.4 Å². The number of nitrogens with one attached hydrogen (secondary N) is 2. The molecule has 0 radical (unpaired) electrons. The molecule has 3 amide bonds. The summed E-state index contributed by atoms with van der Waals surface area (Å²) in [5, 5.41) is 0. The van der Waals surface area contributed by atoms with Crippen molar-refractivity contribution in [1.29, 1.82) is 0 Å². The van der Waals surface area contributed by atoms with Crippen LogP contribution in [-0.2, 0) is 14.4 Å². The number of hydrazine groups is 1. The van der Waals surface area contributed by atoms with Gasteiger partial charge in [-0.3, -0.25) is 25.2 Å². The number of anilines is 1. The number of amides is 3. The number of rotatable bonds is 6. The van der Waals surface area contributed by atoms with Gasteiger partial charge in [-0.1, -0.05) is 24.3 Å². The van der Waals surface area contributed by atoms with Gasteiger partial charge in [0.25, 0.3) is 5.91 Å². The Balaban J connectivity index is 1.54. The molecule has 2 unspecified atom stereocenters. The highest BCUT2D eigenvalue weighted by Crippen LogP contribution is 2.32. The fraction of sp³-hybridized carbons (Fsp3) is 0.286. The first-order valence-electron chi connectivity index (χ1n) is 9.35. The lowest BCUT2D eigenvalue weighted by Gasteiger charge is -2.19. The molecule has 1 aliphatic rings. The van der Waals surface area contributed by atoms with Crippen LogP contribution in [0.1, 0.15) is 13.3 Å². The van der Waals surface area contributed by atoms with Crippen molar-refractivity contribution in [2.24, 2.45) is 5.92 Å². The van der Waals surface area contributed by atoms with Gasteiger partial charge >= 0.3 is 0 Å². The molecule has 2 atom stereocenters. The summed E-state index contributed by atoms with van der Waals surface area (Å²) in [5.41, 5.74) is 5.13. The van der Waals surface area contributed by atoms with E-state index in [4.69, 9.17) is 9.47 Å². The highest BCUT2D eigenvalue weighted by Gasteiger charge is 2.36. The van der Waals surface area contributed by atoms with Gasteiger partial charge in [-0.15, -0.1) is 0 Å². The van der Waals surface area contributed by atoms with Crippen molar-refractivity contribution in [1.82, 2.24) is 10.9 Å². The van der Waals surface area contributed by atoms with Crippen LogP contribution in [0.15, 0.2) is 48.5 Å². The Labute approximate surface area is 172 Å². The molecule has 2 N–H and O–H groups in total. The van der Waals surface area contributed by atoms with E-state index in [9.17, 15) is 18.8 Å². The molecule has 1 saturated heterocycles. The molecule has 8 nitrogen and oxygen atoms in total. The molecule has 158 valence electrons. The number of halogens is 1. The van der Waals surface area contributed by atoms with Crippen LogP contribution >= 0.6 is 0 Å². The molecule has 1 heterocycles. The first kappa shape index (κ1) is 21.1. The number of nitrogens with zero attached hydrogens (tertiary/aromatic N) is 1. The zero-order valence-electron chi connectivity index (χ0n) is 16.6. The third-order valence-electron chi connectivity index (χ3n) is 4.69. The van der Waals surface area contributed by atoms with Gasteiger partial charge in [0.15, 0.2) is 17.7 Å². The summed E-state index contributed by atoms with van der Waals surface area (Å²) in [4.78, 5) is 38.4. The second kappa shape index (κ2) is 9.25. The van der Waals surface area contributed by atoms with Crippen molar-refractivity contribution in [2.75, 3.05) is 18.6 Å². The Bertz CT molecular complexity index is 952. The average Bonchev–Trinajstić information content (AvgIpc) is 3.14. The molecular weight excluding hydrogens is 393 g/mol. The van der Waals surface area contributed by atoms with Crippen molar-refractivity contribution >= 4 is 23.4 Å². The molecule has 3 rings (SSSR count). The molecule has 30 heavy (non-hydrogen) atoms. The first-order valence-corrected chi connectivity index (χ1v) is 9.35. The summed E-state index contributed by atoms with van der Waals surface area (Å²) >= 11 is 0. The van der Waals surface area contributed by atoms with E-state index in [0.717, 1.165) is 0 Å². The van der Waals surface area contributed by atoms with E-state index in [-0.39, 0.29) is 24.6 Å². The number of hydrogen-bond acceptors (Lipinski definition) is 5. The van der Waals surface area contributed by atoms with Crippen LogP contribution < -0.4 is 25.2 Å². The van der Waals surface area contributed by atoms with Crippen LogP contribution in [0, 0.1) is 11.7 Å². The number of carbonyl (C=O) groups is 3. The second-order valence-electron chi connectivity index (χ2n) is 6.75. The number of hydrogen-bond donors (Lipinski definition) is 2. The highest BCUT2D eigenvalue weighted by atomic mass is 19.1. The maximum absolute atomic E-state index is 13.6. The fourth-order valence-electron chi connectivity index (χ4n) is 3.08. The van der Waals surface area contributed by atoms with Gasteiger partial charge in [0, 0.05) is 13.0 Å². The number of benzene rings is 2. The molecule has 1 fully saturated rings. The third kappa shape index (κ3) is 4.68. The Hall–Kier alpha value is -3.62. The minimum Gasteiger partial charge on any atom is -0.495 e. The number of para-hydroxylation sites is 3. The maximum Gasteiger partial charge on any atom is 0.279 e. The quantitative estimate of drug-likeness (QED) is 0.702. The normalized spacial score (nSPS) is 16.7. The van der Waals surface area contributed by atoms with Gasteiger partial charge in [-0.2, -0.15) is 0 Å². The molecule has 0 bridgehead atoms. The highest BCUT2D eigenvalue weighted by molar-refractivity contribution is 6.01. The second-order valence-corrected chi connectivity index (χ2v) is 6.75. The summed E-state index contributed by atoms with van der Waals surface area (Å²) in [6, 6.07) is 12.7. The average molecular weight is 415 g/mol. The minimum atomic E-state index is -1.04. The molecule has 0 aromatic heterocycles. The van der Waals surface area contributed by atoms with Gasteiger partial charge in [-0.05, 0) is 31.2 Å². The Kier molecular flexibility index (Phi) is 6.51. The summed E-state index contributed by atoms with van der Waals surface area (Å²) in [6.07, 6.45) is -1.04. The van der Waals surface area contributed by atoms with Gasteiger partial charge in [0.2, 0.25) is 11.8 Å². The van der Waals surface area contributed by atoms with Crippen LogP contribution in [0.3, 0.4) is 0 Å². The van der Waals surface area contributed by atoms with Crippen molar-refractivity contribution in [3.8, 4) is 11.5 Å². The van der Waals surface area contributed by atoms with Gasteiger partial charge in [0.05, 0.1) is 18.7 Å². The lowest BCUT2D eigenvalue weighted by Crippen LogP contribution is -2.49. The van der Waals surface area contributed by atoms with E-state index in [0.29, 0.717) is 11.4 Å². The van der Waals surface area contributed by atoms with Gasteiger partial charge in [0.1, 0.15) is 5.75 Å². The summed E-state index contributed by atoms with van der Waals surface area (Å²) in [7, 11) is 1.50. The molecule has 0 spiro atoms. The van der Waals surface area contributed by atoms with Crippen molar-refractivity contribution in [3.05, 3.63) is 54.3 Å². The van der Waals surface area contributed by atoms with Crippen molar-refractivity contribution in [3.63, 3.8) is 0 Å². The monoisotopic (exact) mass is 415 g/mol. The van der Waals surface area contributed by atoms with E-state index in [1.807, 2.05) is 0 Å². The lowest BCUT2D eigenvalue weighted by atomic mass is 10.1. The van der Waals surface area contributed by atoms with Crippen molar-refractivity contribution < 1.29 is 28.2 Å². The number of methoxy groups -OCH3 is 1. The SMILES string of the molecule is COc1ccccc1N1CC(C(=O)NNC(=O)C(C)Oc2ccccc2F)CC1=O. The van der Waals surface area contributed by atoms with Crippen LogP contribution in [0.5, 0.6) is 11.5 Å². The van der Waals surface area contributed by atoms with Crippen LogP contribution in [0.2, 0.25) is 0 Å². The summed E-state index contributed by atoms with van der Waals surface area (Å²) in [6.45, 7) is 1.58. The standard InChI is InChI=1S/C21H22FN3O5/c1-13(30-17-9-5-3-7-15(17)22)20(27)23-24-21(28)14-11-19(26)25(12-14)16-8-4-6-10-18(16)29-2/h3-10,13-14H,11-12H2,1-2H3,(H,23,27)(H,24,28). The van der Waals surface area contributed by atoms with Gasteiger partial charge in [-0.25, -0.2) is 4.39 Å².